The van der Waals surface area contributed by atoms with Crippen LogP contribution in [0.5, 0.6) is 0 Å². The number of nitrogens with one attached hydrogen (secondary N) is 1. The molecule has 1 N–H and O–H groups in total. The Bertz CT molecular complexity index is 1170. The molecule has 0 saturated carbocycles. The first-order valence-electron chi connectivity index (χ1n) is 9.22. The van der Waals surface area contributed by atoms with Gasteiger partial charge in [0.2, 0.25) is 0 Å². The summed E-state index contributed by atoms with van der Waals surface area (Å²) in [4.78, 5) is 29.8. The molecule has 8 heteroatoms. The van der Waals surface area contributed by atoms with E-state index in [0.717, 1.165) is 22.5 Å². The highest BCUT2D eigenvalue weighted by Crippen LogP contribution is 2.32. The summed E-state index contributed by atoms with van der Waals surface area (Å²) >= 11 is 1.05. The van der Waals surface area contributed by atoms with Crippen LogP contribution in [0.25, 0.3) is 22.6 Å². The van der Waals surface area contributed by atoms with E-state index in [1.54, 1.807) is 13.0 Å². The second-order valence-electron chi connectivity index (χ2n) is 6.18. The molecule has 0 spiro atoms. The zero-order chi connectivity index (χ0) is 20.9. The number of aromatic nitrogens is 2. The Labute approximate surface area is 176 Å². The number of rotatable bonds is 6. The summed E-state index contributed by atoms with van der Waals surface area (Å²) in [5.74, 6) is -0.482. The first kappa shape index (κ1) is 19.5. The third kappa shape index (κ3) is 4.13. The first-order chi connectivity index (χ1) is 14.7. The fraction of sp³-hybridized carbons (Fsp3) is 0.0909. The number of benzene rings is 2. The molecule has 0 radical (unpaired) electrons. The minimum Gasteiger partial charge on any atom is -0.462 e. The monoisotopic (exact) mass is 419 g/mol. The lowest BCUT2D eigenvalue weighted by molar-refractivity contribution is 0.0532. The molecule has 0 unspecified atom stereocenters. The van der Waals surface area contributed by atoms with Gasteiger partial charge in [0.1, 0.15) is 4.88 Å². The Kier molecular flexibility index (Phi) is 5.67. The fourth-order valence-corrected chi connectivity index (χ4v) is 3.66. The van der Waals surface area contributed by atoms with Gasteiger partial charge in [-0.3, -0.25) is 10.1 Å². The van der Waals surface area contributed by atoms with Crippen molar-refractivity contribution in [1.82, 2.24) is 10.1 Å². The number of anilines is 1. The zero-order valence-corrected chi connectivity index (χ0v) is 16.8. The highest BCUT2D eigenvalue weighted by molar-refractivity contribution is 7.18. The van der Waals surface area contributed by atoms with Crippen molar-refractivity contribution in [3.05, 3.63) is 77.3 Å². The third-order valence-electron chi connectivity index (χ3n) is 4.16. The first-order valence-corrected chi connectivity index (χ1v) is 10.0. The summed E-state index contributed by atoms with van der Waals surface area (Å²) in [5, 5.41) is 6.80. The second kappa shape index (κ2) is 8.71. The predicted octanol–water partition coefficient (Wildman–Crippen LogP) is 4.89. The van der Waals surface area contributed by atoms with E-state index in [0.29, 0.717) is 16.3 Å². The van der Waals surface area contributed by atoms with E-state index in [9.17, 15) is 9.59 Å². The van der Waals surface area contributed by atoms with Crippen LogP contribution in [0, 0.1) is 0 Å². The van der Waals surface area contributed by atoms with E-state index in [4.69, 9.17) is 9.26 Å². The van der Waals surface area contributed by atoms with E-state index in [-0.39, 0.29) is 17.4 Å². The van der Waals surface area contributed by atoms with Crippen molar-refractivity contribution in [3.8, 4) is 22.6 Å². The standard InChI is InChI=1S/C22H17N3O4S/c1-2-28-21(27)19-18(15-11-7-4-8-12-15)23-22(30-19)24-20(26)16-13-17(29-25-16)14-9-5-3-6-10-14/h3-13H,2H2,1H3,(H,23,24,26). The van der Waals surface area contributed by atoms with Crippen LogP contribution < -0.4 is 5.32 Å². The van der Waals surface area contributed by atoms with Crippen molar-refractivity contribution in [2.24, 2.45) is 0 Å². The Balaban J connectivity index is 1.59. The van der Waals surface area contributed by atoms with Gasteiger partial charge in [-0.25, -0.2) is 9.78 Å². The van der Waals surface area contributed by atoms with Crippen molar-refractivity contribution >= 4 is 28.3 Å². The Hall–Kier alpha value is -3.78. The minimum absolute atomic E-state index is 0.114. The Morgan fingerprint density at radius 2 is 1.70 bits per heavy atom. The van der Waals surface area contributed by atoms with Gasteiger partial charge in [-0.2, -0.15) is 0 Å². The summed E-state index contributed by atoms with van der Waals surface area (Å²) in [6.07, 6.45) is 0. The van der Waals surface area contributed by atoms with E-state index >= 15 is 0 Å². The van der Waals surface area contributed by atoms with Gasteiger partial charge < -0.3 is 9.26 Å². The highest BCUT2D eigenvalue weighted by atomic mass is 32.1. The van der Waals surface area contributed by atoms with Gasteiger partial charge in [0.25, 0.3) is 5.91 Å². The number of thiazole rings is 1. The van der Waals surface area contributed by atoms with Gasteiger partial charge in [0.05, 0.1) is 12.3 Å². The van der Waals surface area contributed by atoms with Gasteiger partial charge in [-0.05, 0) is 6.92 Å². The average molecular weight is 419 g/mol. The topological polar surface area (TPSA) is 94.3 Å². The molecule has 150 valence electrons. The number of nitrogens with zero attached hydrogens (tertiary/aromatic N) is 2. The van der Waals surface area contributed by atoms with E-state index in [1.807, 2.05) is 60.7 Å². The van der Waals surface area contributed by atoms with Crippen LogP contribution in [-0.4, -0.2) is 28.6 Å². The van der Waals surface area contributed by atoms with Crippen LogP contribution in [0.4, 0.5) is 5.13 Å². The van der Waals surface area contributed by atoms with Crippen LogP contribution in [0.15, 0.2) is 71.3 Å². The lowest BCUT2D eigenvalue weighted by Crippen LogP contribution is -2.11. The number of ether oxygens (including phenoxy) is 1. The van der Waals surface area contributed by atoms with Crippen molar-refractivity contribution in [2.75, 3.05) is 11.9 Å². The molecule has 4 rings (SSSR count). The number of hydrogen-bond acceptors (Lipinski definition) is 7. The third-order valence-corrected chi connectivity index (χ3v) is 5.11. The summed E-state index contributed by atoms with van der Waals surface area (Å²) in [6, 6.07) is 20.2. The van der Waals surface area contributed by atoms with E-state index in [1.165, 1.54) is 0 Å². The van der Waals surface area contributed by atoms with Gasteiger partial charge in [0, 0.05) is 17.2 Å². The van der Waals surface area contributed by atoms with E-state index in [2.05, 4.69) is 15.5 Å². The zero-order valence-electron chi connectivity index (χ0n) is 16.0. The maximum atomic E-state index is 12.6. The van der Waals surface area contributed by atoms with Crippen LogP contribution in [0.1, 0.15) is 27.1 Å². The number of carbonyl (C=O) groups excluding carboxylic acids is 2. The van der Waals surface area contributed by atoms with Crippen molar-refractivity contribution < 1.29 is 18.8 Å². The SMILES string of the molecule is CCOC(=O)c1sc(NC(=O)c2cc(-c3ccccc3)on2)nc1-c1ccccc1. The molecule has 0 fully saturated rings. The molecule has 2 heterocycles. The van der Waals surface area contributed by atoms with Crippen LogP contribution in [0.2, 0.25) is 0 Å². The van der Waals surface area contributed by atoms with Crippen LogP contribution >= 0.6 is 11.3 Å². The van der Waals surface area contributed by atoms with Crippen LogP contribution in [0.3, 0.4) is 0 Å². The summed E-state index contributed by atoms with van der Waals surface area (Å²) in [7, 11) is 0. The molecule has 0 saturated heterocycles. The van der Waals surface area contributed by atoms with Gasteiger partial charge in [-0.1, -0.05) is 77.2 Å². The molecule has 0 bridgehead atoms. The molecular formula is C22H17N3O4S. The molecule has 30 heavy (non-hydrogen) atoms. The lowest BCUT2D eigenvalue weighted by atomic mass is 10.1. The molecule has 0 atom stereocenters. The molecule has 1 amide bonds. The summed E-state index contributed by atoms with van der Waals surface area (Å²) in [6.45, 7) is 1.98. The molecule has 0 aliphatic carbocycles. The second-order valence-corrected chi connectivity index (χ2v) is 7.18. The van der Waals surface area contributed by atoms with Crippen LogP contribution in [-0.2, 0) is 4.74 Å². The quantitative estimate of drug-likeness (QED) is 0.447. The maximum absolute atomic E-state index is 12.6. The minimum atomic E-state index is -0.484. The molecule has 4 aromatic rings. The lowest BCUT2D eigenvalue weighted by Gasteiger charge is -2.01. The molecule has 0 aliphatic rings. The predicted molar refractivity (Wildman–Crippen MR) is 113 cm³/mol. The van der Waals surface area contributed by atoms with Gasteiger partial charge in [-0.15, -0.1) is 0 Å². The Morgan fingerprint density at radius 3 is 2.37 bits per heavy atom. The molecule has 2 aromatic carbocycles. The van der Waals surface area contributed by atoms with Crippen molar-refractivity contribution in [2.45, 2.75) is 6.92 Å². The molecular weight excluding hydrogens is 402 g/mol. The average Bonchev–Trinajstić information content (AvgIpc) is 3.43. The summed E-state index contributed by atoms with van der Waals surface area (Å²) in [5.41, 5.74) is 2.14. The largest absolute Gasteiger partial charge is 0.462 e. The fourth-order valence-electron chi connectivity index (χ4n) is 2.78. The van der Waals surface area contributed by atoms with E-state index < -0.39 is 11.9 Å². The maximum Gasteiger partial charge on any atom is 0.350 e. The number of carbonyl (C=O) groups is 2. The molecule has 2 aromatic heterocycles. The molecule has 0 aliphatic heterocycles. The van der Waals surface area contributed by atoms with Gasteiger partial charge >= 0.3 is 5.97 Å². The normalized spacial score (nSPS) is 10.6. The van der Waals surface area contributed by atoms with Crippen molar-refractivity contribution in [1.29, 1.82) is 0 Å². The smallest absolute Gasteiger partial charge is 0.350 e. The number of amides is 1. The van der Waals surface area contributed by atoms with Crippen molar-refractivity contribution in [3.63, 3.8) is 0 Å². The number of esters is 1. The highest BCUT2D eigenvalue weighted by Gasteiger charge is 2.22. The van der Waals surface area contributed by atoms with Gasteiger partial charge in [0.15, 0.2) is 16.6 Å². The summed E-state index contributed by atoms with van der Waals surface area (Å²) < 4.78 is 10.4. The Morgan fingerprint density at radius 1 is 1.03 bits per heavy atom. The molecule has 7 nitrogen and oxygen atoms in total. The number of hydrogen-bond donors (Lipinski definition) is 1.